The number of rotatable bonds is 7. The van der Waals surface area contributed by atoms with E-state index in [-0.39, 0.29) is 28.0 Å². The second-order valence-corrected chi connectivity index (χ2v) is 11.0. The van der Waals surface area contributed by atoms with Crippen molar-refractivity contribution in [2.75, 3.05) is 62.4 Å². The van der Waals surface area contributed by atoms with Crippen LogP contribution < -0.4 is 14.5 Å². The number of hydrogen-bond acceptors (Lipinski definition) is 11. The fourth-order valence-corrected chi connectivity index (χ4v) is 5.62. The summed E-state index contributed by atoms with van der Waals surface area (Å²) < 4.78 is 31.2. The first kappa shape index (κ1) is 28.3. The average Bonchev–Trinajstić information content (AvgIpc) is 3.27. The summed E-state index contributed by atoms with van der Waals surface area (Å²) in [6, 6.07) is 11.3. The lowest BCUT2D eigenvalue weighted by atomic mass is 10.2. The Balaban J connectivity index is 1.18. The summed E-state index contributed by atoms with van der Waals surface area (Å²) in [4.78, 5) is 44.6. The lowest BCUT2D eigenvalue weighted by molar-refractivity contribution is -0.123. The van der Waals surface area contributed by atoms with Crippen LogP contribution in [0.3, 0.4) is 0 Å². The normalized spacial score (nSPS) is 18.7. The molecule has 2 amide bonds. The van der Waals surface area contributed by atoms with E-state index < -0.39 is 17.0 Å². The van der Waals surface area contributed by atoms with E-state index in [1.807, 2.05) is 9.80 Å². The van der Waals surface area contributed by atoms with E-state index in [0.717, 1.165) is 16.7 Å². The number of carbonyl (C=O) groups is 2. The Hall–Kier alpha value is -3.78. The van der Waals surface area contributed by atoms with Crippen LogP contribution in [0.2, 0.25) is 5.02 Å². The Morgan fingerprint density at radius 2 is 1.52 bits per heavy atom. The van der Waals surface area contributed by atoms with Crippen LogP contribution in [0.5, 0.6) is 11.8 Å². The fraction of sp³-hybridized carbons (Fsp3) is 0.321. The SMILES string of the molecule is O=C1S/C(=C\c2ccc(Oc3nc(N4CCOCC4)nc(N4CCOCC4)n3)cc2)C(=O)N1Cc1c(F)cccc1Cl. The van der Waals surface area contributed by atoms with Crippen molar-refractivity contribution in [2.24, 2.45) is 0 Å². The Kier molecular flexibility index (Phi) is 8.51. The first-order valence-electron chi connectivity index (χ1n) is 13.3. The number of halogens is 2. The number of hydrogen-bond donors (Lipinski definition) is 0. The van der Waals surface area contributed by atoms with Crippen LogP contribution in [0.25, 0.3) is 6.08 Å². The fourth-order valence-electron chi connectivity index (χ4n) is 4.56. The first-order valence-corrected chi connectivity index (χ1v) is 14.5. The molecule has 0 spiro atoms. The zero-order valence-corrected chi connectivity index (χ0v) is 23.9. The second kappa shape index (κ2) is 12.6. The molecular weight excluding hydrogens is 587 g/mol. The van der Waals surface area contributed by atoms with E-state index in [2.05, 4.69) is 15.0 Å². The maximum atomic E-state index is 14.2. The second-order valence-electron chi connectivity index (χ2n) is 9.56. The highest BCUT2D eigenvalue weighted by Gasteiger charge is 2.36. The Labute approximate surface area is 250 Å². The highest BCUT2D eigenvalue weighted by molar-refractivity contribution is 8.18. The van der Waals surface area contributed by atoms with Gasteiger partial charge in [0.05, 0.1) is 37.9 Å². The third-order valence-electron chi connectivity index (χ3n) is 6.82. The minimum absolute atomic E-state index is 0.0936. The molecule has 218 valence electrons. The van der Waals surface area contributed by atoms with Gasteiger partial charge in [-0.2, -0.15) is 15.0 Å². The van der Waals surface area contributed by atoms with Gasteiger partial charge in [0.25, 0.3) is 11.1 Å². The predicted molar refractivity (Wildman–Crippen MR) is 155 cm³/mol. The van der Waals surface area contributed by atoms with Gasteiger partial charge in [0, 0.05) is 36.8 Å². The molecule has 14 heteroatoms. The molecule has 0 radical (unpaired) electrons. The molecule has 4 heterocycles. The maximum absolute atomic E-state index is 14.2. The van der Waals surface area contributed by atoms with Gasteiger partial charge in [0.15, 0.2) is 0 Å². The number of aromatic nitrogens is 3. The van der Waals surface area contributed by atoms with Gasteiger partial charge in [0.1, 0.15) is 11.6 Å². The van der Waals surface area contributed by atoms with E-state index in [4.69, 9.17) is 25.8 Å². The number of imide groups is 1. The number of carbonyl (C=O) groups excluding carboxylic acids is 2. The van der Waals surface area contributed by atoms with E-state index in [0.29, 0.717) is 75.8 Å². The number of ether oxygens (including phenoxy) is 3. The van der Waals surface area contributed by atoms with E-state index in [9.17, 15) is 14.0 Å². The number of anilines is 2. The van der Waals surface area contributed by atoms with Crippen molar-refractivity contribution < 1.29 is 28.2 Å². The molecule has 0 bridgehead atoms. The van der Waals surface area contributed by atoms with Gasteiger partial charge in [0.2, 0.25) is 11.9 Å². The summed E-state index contributed by atoms with van der Waals surface area (Å²) in [5, 5.41) is -0.339. The van der Waals surface area contributed by atoms with E-state index in [1.165, 1.54) is 18.2 Å². The van der Waals surface area contributed by atoms with Crippen molar-refractivity contribution in [2.45, 2.75) is 6.54 Å². The zero-order chi connectivity index (χ0) is 29.1. The topological polar surface area (TPSA) is 110 Å². The number of thioether (sulfide) groups is 1. The van der Waals surface area contributed by atoms with E-state index >= 15 is 0 Å². The van der Waals surface area contributed by atoms with Gasteiger partial charge < -0.3 is 24.0 Å². The van der Waals surface area contributed by atoms with Gasteiger partial charge in [-0.1, -0.05) is 29.8 Å². The van der Waals surface area contributed by atoms with Gasteiger partial charge in [-0.15, -0.1) is 0 Å². The van der Waals surface area contributed by atoms with Crippen molar-refractivity contribution >= 4 is 52.5 Å². The summed E-state index contributed by atoms with van der Waals surface area (Å²) in [7, 11) is 0. The molecular formula is C28H26ClFN6O5S. The number of amides is 2. The number of benzene rings is 2. The lowest BCUT2D eigenvalue weighted by Crippen LogP contribution is -2.40. The third-order valence-corrected chi connectivity index (χ3v) is 8.08. The van der Waals surface area contributed by atoms with Crippen LogP contribution in [0.15, 0.2) is 47.4 Å². The first-order chi connectivity index (χ1) is 20.4. The molecule has 0 unspecified atom stereocenters. The molecule has 3 fully saturated rings. The van der Waals surface area contributed by atoms with Crippen LogP contribution >= 0.6 is 23.4 Å². The summed E-state index contributed by atoms with van der Waals surface area (Å²) in [6.45, 7) is 4.78. The molecule has 3 aliphatic heterocycles. The molecule has 3 aromatic rings. The molecule has 1 aromatic heterocycles. The molecule has 3 aliphatic rings. The third kappa shape index (κ3) is 6.33. The molecule has 2 aromatic carbocycles. The maximum Gasteiger partial charge on any atom is 0.328 e. The van der Waals surface area contributed by atoms with Crippen molar-refractivity contribution in [3.05, 3.63) is 69.3 Å². The zero-order valence-electron chi connectivity index (χ0n) is 22.4. The minimum Gasteiger partial charge on any atom is -0.424 e. The molecule has 0 atom stereocenters. The van der Waals surface area contributed by atoms with Gasteiger partial charge in [-0.05, 0) is 47.7 Å². The molecule has 0 saturated carbocycles. The molecule has 0 N–H and O–H groups in total. The van der Waals surface area contributed by atoms with Crippen LogP contribution in [0.4, 0.5) is 21.1 Å². The highest BCUT2D eigenvalue weighted by Crippen LogP contribution is 2.35. The van der Waals surface area contributed by atoms with Crippen molar-refractivity contribution in [1.29, 1.82) is 0 Å². The molecule has 0 aliphatic carbocycles. The van der Waals surface area contributed by atoms with Gasteiger partial charge in [-0.3, -0.25) is 14.5 Å². The monoisotopic (exact) mass is 612 g/mol. The van der Waals surface area contributed by atoms with Crippen molar-refractivity contribution in [1.82, 2.24) is 19.9 Å². The van der Waals surface area contributed by atoms with Crippen LogP contribution in [-0.2, 0) is 20.8 Å². The molecule has 42 heavy (non-hydrogen) atoms. The summed E-state index contributed by atoms with van der Waals surface area (Å²) in [6.07, 6.45) is 1.60. The molecule has 11 nitrogen and oxygen atoms in total. The average molecular weight is 613 g/mol. The minimum atomic E-state index is -0.576. The Morgan fingerprint density at radius 1 is 0.905 bits per heavy atom. The summed E-state index contributed by atoms with van der Waals surface area (Å²) >= 11 is 6.88. The highest BCUT2D eigenvalue weighted by atomic mass is 35.5. The molecule has 3 saturated heterocycles. The largest absolute Gasteiger partial charge is 0.424 e. The van der Waals surface area contributed by atoms with Crippen LogP contribution in [-0.4, -0.2) is 83.6 Å². The van der Waals surface area contributed by atoms with E-state index in [1.54, 1.807) is 30.3 Å². The van der Waals surface area contributed by atoms with Crippen LogP contribution in [0.1, 0.15) is 11.1 Å². The summed E-state index contributed by atoms with van der Waals surface area (Å²) in [5.74, 6) is 0.443. The standard InChI is InChI=1S/C28H26ClFN6O5S/c29-21-2-1-3-22(30)20(21)17-36-24(37)23(42-28(36)38)16-18-4-6-19(7-5-18)41-27-32-25(34-8-12-39-13-9-34)31-26(33-27)35-10-14-40-15-11-35/h1-7,16H,8-15,17H2/b23-16-. The quantitative estimate of drug-likeness (QED) is 0.355. The Bertz CT molecular complexity index is 1460. The van der Waals surface area contributed by atoms with Gasteiger partial charge in [-0.25, -0.2) is 4.39 Å². The molecule has 6 rings (SSSR count). The lowest BCUT2D eigenvalue weighted by Gasteiger charge is -2.30. The van der Waals surface area contributed by atoms with Crippen LogP contribution in [0, 0.1) is 5.82 Å². The number of morpholine rings is 2. The van der Waals surface area contributed by atoms with Crippen molar-refractivity contribution in [3.63, 3.8) is 0 Å². The predicted octanol–water partition coefficient (Wildman–Crippen LogP) is 4.37. The Morgan fingerprint density at radius 3 is 2.12 bits per heavy atom. The van der Waals surface area contributed by atoms with Crippen molar-refractivity contribution in [3.8, 4) is 11.8 Å². The number of nitrogens with zero attached hydrogens (tertiary/aromatic N) is 6. The summed E-state index contributed by atoms with van der Waals surface area (Å²) in [5.41, 5.74) is 0.770. The van der Waals surface area contributed by atoms with Gasteiger partial charge >= 0.3 is 6.01 Å². The smallest absolute Gasteiger partial charge is 0.328 e.